The van der Waals surface area contributed by atoms with E-state index in [0.29, 0.717) is 12.1 Å². The van der Waals surface area contributed by atoms with Gasteiger partial charge in [-0.3, -0.25) is 9.59 Å². The average Bonchev–Trinajstić information content (AvgIpc) is 2.57. The topological polar surface area (TPSA) is 34.1 Å². The fraction of sp³-hybridized carbons (Fsp3) is 0.125. The van der Waals surface area contributed by atoms with Crippen molar-refractivity contribution < 1.29 is 35.9 Å². The molecule has 0 aliphatic rings. The molecule has 28 heavy (non-hydrogen) atoms. The number of hydrogen-bond donors (Lipinski definition) is 0. The molecule has 2 aromatic carbocycles. The number of hydrogen-bond acceptors (Lipinski definition) is 4. The molecule has 0 saturated carbocycles. The number of carbonyl (C=O) groups is 2. The van der Waals surface area contributed by atoms with Crippen LogP contribution >= 0.6 is 44.8 Å². The summed E-state index contributed by atoms with van der Waals surface area (Å²) in [6, 6.07) is 4.60. The lowest BCUT2D eigenvalue weighted by molar-refractivity contribution is -0.138. The Labute approximate surface area is 172 Å². The third-order valence-electron chi connectivity index (χ3n) is 3.26. The van der Waals surface area contributed by atoms with Crippen LogP contribution in [0.25, 0.3) is 0 Å². The molecule has 0 N–H and O–H groups in total. The Morgan fingerprint density at radius 1 is 0.679 bits per heavy atom. The van der Waals surface area contributed by atoms with Crippen molar-refractivity contribution in [2.75, 3.05) is 0 Å². The molecule has 2 aromatic rings. The summed E-state index contributed by atoms with van der Waals surface area (Å²) in [6.07, 6.45) is -9.38. The van der Waals surface area contributed by atoms with E-state index in [1.54, 1.807) is 0 Å². The molecule has 0 fully saturated rings. The fourth-order valence-corrected chi connectivity index (χ4v) is 4.70. The number of carbonyl (C=O) groups excluding carboxylic acids is 2. The first-order valence-electron chi connectivity index (χ1n) is 6.97. The van der Waals surface area contributed by atoms with Gasteiger partial charge in [0, 0.05) is 20.9 Å². The predicted molar refractivity (Wildman–Crippen MR) is 95.0 cm³/mol. The van der Waals surface area contributed by atoms with Gasteiger partial charge in [0.05, 0.1) is 11.1 Å². The smallest absolute Gasteiger partial charge is 0.276 e. The van der Waals surface area contributed by atoms with Gasteiger partial charge in [-0.1, -0.05) is 21.6 Å². The highest BCUT2D eigenvalue weighted by atomic mass is 35.5. The third kappa shape index (κ3) is 5.59. The quantitative estimate of drug-likeness (QED) is 0.257. The van der Waals surface area contributed by atoms with Gasteiger partial charge in [-0.15, -0.1) is 0 Å². The maximum Gasteiger partial charge on any atom is 0.416 e. The van der Waals surface area contributed by atoms with Gasteiger partial charge >= 0.3 is 12.4 Å². The molecular weight excluding hydrogens is 473 g/mol. The van der Waals surface area contributed by atoms with Crippen molar-refractivity contribution >= 4 is 55.3 Å². The normalized spacial score (nSPS) is 12.1. The molecule has 0 heterocycles. The van der Waals surface area contributed by atoms with E-state index in [0.717, 1.165) is 45.9 Å². The van der Waals surface area contributed by atoms with Crippen LogP contribution < -0.4 is 0 Å². The molecule has 0 unspecified atom stereocenters. The molecule has 0 saturated heterocycles. The van der Waals surface area contributed by atoms with Crippen LogP contribution in [-0.2, 0) is 12.4 Å². The number of benzene rings is 2. The van der Waals surface area contributed by atoms with Crippen molar-refractivity contribution in [3.05, 3.63) is 58.7 Å². The molecule has 0 atom stereocenters. The molecule has 0 radical (unpaired) electrons. The molecule has 0 aromatic heterocycles. The van der Waals surface area contributed by atoms with Gasteiger partial charge in [-0.25, -0.2) is 0 Å². The van der Waals surface area contributed by atoms with Gasteiger partial charge in [0.15, 0.2) is 0 Å². The first-order valence-corrected chi connectivity index (χ1v) is 9.88. The van der Waals surface area contributed by atoms with E-state index in [-0.39, 0.29) is 9.79 Å². The Bertz CT molecular complexity index is 853. The molecule has 0 aliphatic carbocycles. The molecular formula is C16H6Cl2F6O2S2. The average molecular weight is 479 g/mol. The second-order valence-corrected chi connectivity index (χ2v) is 8.03. The molecule has 0 bridgehead atoms. The van der Waals surface area contributed by atoms with Gasteiger partial charge < -0.3 is 0 Å². The lowest BCUT2D eigenvalue weighted by atomic mass is 10.1. The van der Waals surface area contributed by atoms with Crippen molar-refractivity contribution in [1.82, 2.24) is 0 Å². The van der Waals surface area contributed by atoms with Crippen molar-refractivity contribution in [2.45, 2.75) is 22.1 Å². The lowest BCUT2D eigenvalue weighted by Gasteiger charge is -2.12. The largest absolute Gasteiger partial charge is 0.416 e. The molecule has 2 nitrogen and oxygen atoms in total. The highest BCUT2D eigenvalue weighted by Crippen LogP contribution is 2.44. The van der Waals surface area contributed by atoms with Crippen molar-refractivity contribution in [3.63, 3.8) is 0 Å². The minimum absolute atomic E-state index is 0.0332. The molecule has 0 amide bonds. The Morgan fingerprint density at radius 2 is 1.00 bits per heavy atom. The highest BCUT2D eigenvalue weighted by Gasteiger charge is 2.33. The van der Waals surface area contributed by atoms with Gasteiger partial charge in [-0.05, 0) is 59.6 Å². The van der Waals surface area contributed by atoms with E-state index in [1.165, 1.54) is 0 Å². The van der Waals surface area contributed by atoms with Crippen LogP contribution in [-0.4, -0.2) is 10.5 Å². The molecule has 0 aliphatic heterocycles. The number of alkyl halides is 6. The SMILES string of the molecule is O=C(Cl)c1cc(C(F)(F)F)ccc1SSc1ccc(C(F)(F)F)cc1C(=O)Cl. The van der Waals surface area contributed by atoms with E-state index in [4.69, 9.17) is 23.2 Å². The first-order chi connectivity index (χ1) is 12.8. The highest BCUT2D eigenvalue weighted by molar-refractivity contribution is 8.76. The molecule has 12 heteroatoms. The summed E-state index contributed by atoms with van der Waals surface area (Å²) in [7, 11) is 1.49. The summed E-state index contributed by atoms with van der Waals surface area (Å²) in [5.41, 5.74) is -3.03. The van der Waals surface area contributed by atoms with Crippen LogP contribution in [0.2, 0.25) is 0 Å². The Morgan fingerprint density at radius 3 is 1.25 bits per heavy atom. The van der Waals surface area contributed by atoms with Gasteiger partial charge in [0.25, 0.3) is 10.5 Å². The van der Waals surface area contributed by atoms with Crippen LogP contribution in [0.1, 0.15) is 31.8 Å². The van der Waals surface area contributed by atoms with E-state index >= 15 is 0 Å². The van der Waals surface area contributed by atoms with Crippen LogP contribution in [0.3, 0.4) is 0 Å². The van der Waals surface area contributed by atoms with Gasteiger partial charge in [0.2, 0.25) is 0 Å². The first kappa shape index (κ1) is 22.9. The standard InChI is InChI=1S/C16H6Cl2F6O2S2/c17-13(25)9-5-7(15(19,20)21)1-3-11(9)27-28-12-4-2-8(16(22,23)24)6-10(12)14(18)26/h1-6H. The minimum atomic E-state index is -4.69. The molecule has 150 valence electrons. The van der Waals surface area contributed by atoms with E-state index in [2.05, 4.69) is 0 Å². The maximum absolute atomic E-state index is 12.8. The van der Waals surface area contributed by atoms with E-state index in [9.17, 15) is 35.9 Å². The maximum atomic E-state index is 12.8. The van der Waals surface area contributed by atoms with Crippen LogP contribution in [0.5, 0.6) is 0 Å². The molecule has 2 rings (SSSR count). The third-order valence-corrected chi connectivity index (χ3v) is 6.15. The van der Waals surface area contributed by atoms with Crippen LogP contribution in [0.15, 0.2) is 46.2 Å². The summed E-state index contributed by atoms with van der Waals surface area (Å²) in [5, 5.41) is -2.29. The minimum Gasteiger partial charge on any atom is -0.276 e. The zero-order valence-corrected chi connectivity index (χ0v) is 16.3. The number of halogens is 8. The van der Waals surface area contributed by atoms with E-state index in [1.807, 2.05) is 0 Å². The van der Waals surface area contributed by atoms with Crippen molar-refractivity contribution in [1.29, 1.82) is 0 Å². The lowest BCUT2D eigenvalue weighted by Crippen LogP contribution is -2.07. The fourth-order valence-electron chi connectivity index (χ4n) is 1.95. The summed E-state index contributed by atoms with van der Waals surface area (Å²) in [5.74, 6) is 0. The van der Waals surface area contributed by atoms with Crippen LogP contribution in [0.4, 0.5) is 26.3 Å². The zero-order chi connectivity index (χ0) is 21.3. The van der Waals surface area contributed by atoms with E-state index < -0.39 is 45.1 Å². The van der Waals surface area contributed by atoms with Crippen molar-refractivity contribution in [3.8, 4) is 0 Å². The predicted octanol–water partition coefficient (Wildman–Crippen LogP) is 7.28. The van der Waals surface area contributed by atoms with Gasteiger partial charge in [0.1, 0.15) is 0 Å². The second-order valence-electron chi connectivity index (χ2n) is 5.13. The van der Waals surface area contributed by atoms with Gasteiger partial charge in [-0.2, -0.15) is 26.3 Å². The Kier molecular flexibility index (Phi) is 7.01. The second kappa shape index (κ2) is 8.56. The zero-order valence-electron chi connectivity index (χ0n) is 13.1. The summed E-state index contributed by atoms with van der Waals surface area (Å²) in [6.45, 7) is 0. The molecule has 0 spiro atoms. The number of rotatable bonds is 5. The van der Waals surface area contributed by atoms with Crippen LogP contribution in [0, 0.1) is 0 Å². The Hall–Kier alpha value is -1.36. The van der Waals surface area contributed by atoms with Crippen molar-refractivity contribution in [2.24, 2.45) is 0 Å². The Balaban J connectivity index is 2.36. The summed E-state index contributed by atoms with van der Waals surface area (Å²) in [4.78, 5) is 23.0. The summed E-state index contributed by atoms with van der Waals surface area (Å²) >= 11 is 10.7. The summed E-state index contributed by atoms with van der Waals surface area (Å²) < 4.78 is 76.7. The monoisotopic (exact) mass is 478 g/mol.